The number of hydrogen-bond acceptors (Lipinski definition) is 3. The number of carbonyl (C=O) groups excluding carboxylic acids is 1. The van der Waals surface area contributed by atoms with Crippen LogP contribution in [0.15, 0.2) is 18.2 Å². The lowest BCUT2D eigenvalue weighted by molar-refractivity contribution is 0.0785. The van der Waals surface area contributed by atoms with Crippen molar-refractivity contribution in [1.29, 1.82) is 0 Å². The molecule has 5 heteroatoms. The normalized spacial score (nSPS) is 26.3. The summed E-state index contributed by atoms with van der Waals surface area (Å²) in [6.07, 6.45) is 2.35. The average Bonchev–Trinajstić information content (AvgIpc) is 2.84. The Labute approximate surface area is 117 Å². The van der Waals surface area contributed by atoms with Crippen molar-refractivity contribution in [2.24, 2.45) is 5.92 Å². The summed E-state index contributed by atoms with van der Waals surface area (Å²) in [4.78, 5) is 14.3. The van der Waals surface area contributed by atoms with E-state index >= 15 is 0 Å². The number of hydrogen-bond donors (Lipinski definition) is 2. The fourth-order valence-corrected chi connectivity index (χ4v) is 3.26. The third-order valence-electron chi connectivity index (χ3n) is 4.07. The van der Waals surface area contributed by atoms with Crippen LogP contribution in [0.4, 0.5) is 0 Å². The molecule has 0 bridgehead atoms. The number of halogens is 1. The molecule has 0 spiro atoms. The Balaban J connectivity index is 1.79. The van der Waals surface area contributed by atoms with E-state index in [-0.39, 0.29) is 11.7 Å². The highest BCUT2D eigenvalue weighted by molar-refractivity contribution is 6.33. The highest BCUT2D eigenvalue weighted by Gasteiger charge is 2.37. The molecule has 0 radical (unpaired) electrons. The third-order valence-corrected chi connectivity index (χ3v) is 4.40. The van der Waals surface area contributed by atoms with E-state index in [1.807, 2.05) is 4.90 Å². The molecule has 3 rings (SSSR count). The first-order valence-corrected chi connectivity index (χ1v) is 7.04. The van der Waals surface area contributed by atoms with Gasteiger partial charge >= 0.3 is 0 Å². The van der Waals surface area contributed by atoms with Gasteiger partial charge in [-0.3, -0.25) is 4.79 Å². The molecule has 4 nitrogen and oxygen atoms in total. The quantitative estimate of drug-likeness (QED) is 0.826. The van der Waals surface area contributed by atoms with Gasteiger partial charge in [-0.1, -0.05) is 11.6 Å². The first-order chi connectivity index (χ1) is 9.15. The number of carbonyl (C=O) groups is 1. The summed E-state index contributed by atoms with van der Waals surface area (Å²) in [5, 5.41) is 13.4. The van der Waals surface area contributed by atoms with Crippen LogP contribution in [0.25, 0.3) is 0 Å². The predicted molar refractivity (Wildman–Crippen MR) is 73.5 cm³/mol. The van der Waals surface area contributed by atoms with Crippen LogP contribution in [0.3, 0.4) is 0 Å². The van der Waals surface area contributed by atoms with E-state index in [1.165, 1.54) is 25.0 Å². The minimum Gasteiger partial charge on any atom is -0.508 e. The molecule has 1 aromatic rings. The first kappa shape index (κ1) is 12.8. The van der Waals surface area contributed by atoms with Crippen LogP contribution in [-0.2, 0) is 0 Å². The van der Waals surface area contributed by atoms with Gasteiger partial charge in [-0.15, -0.1) is 0 Å². The Morgan fingerprint density at radius 2 is 2.26 bits per heavy atom. The zero-order valence-electron chi connectivity index (χ0n) is 10.6. The maximum Gasteiger partial charge on any atom is 0.255 e. The molecule has 2 heterocycles. The molecule has 102 valence electrons. The number of phenols is 1. The molecule has 2 saturated heterocycles. The second-order valence-electron chi connectivity index (χ2n) is 5.34. The summed E-state index contributed by atoms with van der Waals surface area (Å²) in [6.45, 7) is 2.55. The summed E-state index contributed by atoms with van der Waals surface area (Å²) < 4.78 is 0. The molecule has 2 N–H and O–H groups in total. The lowest BCUT2D eigenvalue weighted by atomic mass is 9.94. The fourth-order valence-electron chi connectivity index (χ4n) is 3.06. The second kappa shape index (κ2) is 5.02. The number of amides is 1. The van der Waals surface area contributed by atoms with Crippen LogP contribution in [0, 0.1) is 5.92 Å². The molecule has 2 atom stereocenters. The van der Waals surface area contributed by atoms with E-state index in [2.05, 4.69) is 5.32 Å². The second-order valence-corrected chi connectivity index (χ2v) is 5.74. The molecule has 19 heavy (non-hydrogen) atoms. The smallest absolute Gasteiger partial charge is 0.255 e. The van der Waals surface area contributed by atoms with Crippen molar-refractivity contribution in [2.75, 3.05) is 19.6 Å². The van der Waals surface area contributed by atoms with E-state index in [9.17, 15) is 9.90 Å². The summed E-state index contributed by atoms with van der Waals surface area (Å²) >= 11 is 6.05. The number of nitrogens with zero attached hydrogens (tertiary/aromatic N) is 1. The number of aromatic hydroxyl groups is 1. The number of piperidine rings is 1. The van der Waals surface area contributed by atoms with Gasteiger partial charge < -0.3 is 15.3 Å². The SMILES string of the molecule is O=C(c1cc(O)ccc1Cl)N1CC2CCCNC2C1. The largest absolute Gasteiger partial charge is 0.508 e. The van der Waals surface area contributed by atoms with Crippen LogP contribution in [0.2, 0.25) is 5.02 Å². The number of likely N-dealkylation sites (tertiary alicyclic amines) is 1. The van der Waals surface area contributed by atoms with Crippen molar-refractivity contribution in [2.45, 2.75) is 18.9 Å². The average molecular weight is 281 g/mol. The molecular weight excluding hydrogens is 264 g/mol. The summed E-state index contributed by atoms with van der Waals surface area (Å²) in [5.74, 6) is 0.536. The summed E-state index contributed by atoms with van der Waals surface area (Å²) in [5.41, 5.74) is 0.389. The summed E-state index contributed by atoms with van der Waals surface area (Å²) in [7, 11) is 0. The highest BCUT2D eigenvalue weighted by atomic mass is 35.5. The summed E-state index contributed by atoms with van der Waals surface area (Å²) in [6, 6.07) is 4.91. The van der Waals surface area contributed by atoms with Gasteiger partial charge in [0.15, 0.2) is 0 Å². The van der Waals surface area contributed by atoms with Gasteiger partial charge in [0.1, 0.15) is 5.75 Å². The van der Waals surface area contributed by atoms with Gasteiger partial charge in [0.05, 0.1) is 10.6 Å². The van der Waals surface area contributed by atoms with E-state index in [4.69, 9.17) is 11.6 Å². The topological polar surface area (TPSA) is 52.6 Å². The first-order valence-electron chi connectivity index (χ1n) is 6.66. The monoisotopic (exact) mass is 280 g/mol. The minimum absolute atomic E-state index is 0.0717. The molecule has 2 aliphatic heterocycles. The van der Waals surface area contributed by atoms with E-state index in [0.717, 1.165) is 19.6 Å². The Kier molecular flexibility index (Phi) is 3.37. The van der Waals surface area contributed by atoms with Gasteiger partial charge in [-0.25, -0.2) is 0 Å². The molecule has 0 aromatic heterocycles. The van der Waals surface area contributed by atoms with Crippen LogP contribution >= 0.6 is 11.6 Å². The van der Waals surface area contributed by atoms with Crippen LogP contribution in [0.5, 0.6) is 5.75 Å². The Bertz CT molecular complexity index is 492. The number of phenolic OH excluding ortho intramolecular Hbond substituents is 1. The van der Waals surface area contributed by atoms with Crippen molar-refractivity contribution in [3.63, 3.8) is 0 Å². The molecule has 1 amide bonds. The number of benzene rings is 1. The number of nitrogens with one attached hydrogen (secondary N) is 1. The van der Waals surface area contributed by atoms with Gasteiger partial charge in [0.2, 0.25) is 0 Å². The molecule has 2 fully saturated rings. The maximum atomic E-state index is 12.5. The molecule has 0 saturated carbocycles. The van der Waals surface area contributed by atoms with Gasteiger partial charge in [-0.2, -0.15) is 0 Å². The molecule has 0 aliphatic carbocycles. The molecule has 2 unspecified atom stereocenters. The fraction of sp³-hybridized carbons (Fsp3) is 0.500. The maximum absolute atomic E-state index is 12.5. The Morgan fingerprint density at radius 1 is 1.42 bits per heavy atom. The van der Waals surface area contributed by atoms with Gasteiger partial charge in [0.25, 0.3) is 5.91 Å². The van der Waals surface area contributed by atoms with Crippen molar-refractivity contribution in [3.05, 3.63) is 28.8 Å². The van der Waals surface area contributed by atoms with E-state index < -0.39 is 0 Å². The Morgan fingerprint density at radius 3 is 3.05 bits per heavy atom. The van der Waals surface area contributed by atoms with Gasteiger partial charge in [0, 0.05) is 19.1 Å². The Hall–Kier alpha value is -1.26. The predicted octanol–water partition coefficient (Wildman–Crippen LogP) is 1.87. The van der Waals surface area contributed by atoms with Crippen LogP contribution in [-0.4, -0.2) is 41.6 Å². The van der Waals surface area contributed by atoms with Crippen molar-refractivity contribution in [3.8, 4) is 5.75 Å². The third kappa shape index (κ3) is 2.42. The van der Waals surface area contributed by atoms with E-state index in [0.29, 0.717) is 22.5 Å². The van der Waals surface area contributed by atoms with Crippen LogP contribution < -0.4 is 5.32 Å². The van der Waals surface area contributed by atoms with Crippen molar-refractivity contribution < 1.29 is 9.90 Å². The standard InChI is InChI=1S/C14H17ClN2O2/c15-12-4-3-10(18)6-11(12)14(19)17-7-9-2-1-5-16-13(9)8-17/h3-4,6,9,13,16,18H,1-2,5,7-8H2. The van der Waals surface area contributed by atoms with E-state index in [1.54, 1.807) is 6.07 Å². The zero-order chi connectivity index (χ0) is 13.4. The number of rotatable bonds is 1. The van der Waals surface area contributed by atoms with Gasteiger partial charge in [-0.05, 0) is 43.5 Å². The van der Waals surface area contributed by atoms with Crippen LogP contribution in [0.1, 0.15) is 23.2 Å². The number of fused-ring (bicyclic) bond motifs is 1. The lowest BCUT2D eigenvalue weighted by Gasteiger charge is -2.24. The highest BCUT2D eigenvalue weighted by Crippen LogP contribution is 2.28. The lowest BCUT2D eigenvalue weighted by Crippen LogP contribution is -2.41. The minimum atomic E-state index is -0.0860. The molecular formula is C14H17ClN2O2. The molecule has 2 aliphatic rings. The van der Waals surface area contributed by atoms with Crippen molar-refractivity contribution in [1.82, 2.24) is 10.2 Å². The molecule has 1 aromatic carbocycles. The zero-order valence-corrected chi connectivity index (χ0v) is 11.4. The van der Waals surface area contributed by atoms with Crippen molar-refractivity contribution >= 4 is 17.5 Å².